The molecule has 1 heterocycles. The van der Waals surface area contributed by atoms with E-state index >= 15 is 0 Å². The van der Waals surface area contributed by atoms with Gasteiger partial charge in [-0.1, -0.05) is 15.9 Å². The van der Waals surface area contributed by atoms with Crippen molar-refractivity contribution in [3.63, 3.8) is 0 Å². The van der Waals surface area contributed by atoms with Crippen molar-refractivity contribution in [1.29, 1.82) is 0 Å². The van der Waals surface area contributed by atoms with Crippen LogP contribution in [0.25, 0.3) is 0 Å². The number of sulfonamides is 1. The zero-order chi connectivity index (χ0) is 13.9. The van der Waals surface area contributed by atoms with E-state index in [9.17, 15) is 8.42 Å². The summed E-state index contributed by atoms with van der Waals surface area (Å²) < 4.78 is 28.6. The van der Waals surface area contributed by atoms with Crippen molar-refractivity contribution < 1.29 is 8.42 Å². The lowest BCUT2D eigenvalue weighted by Crippen LogP contribution is -2.31. The highest BCUT2D eigenvalue weighted by Crippen LogP contribution is 2.26. The van der Waals surface area contributed by atoms with Gasteiger partial charge in [0.25, 0.3) is 0 Å². The van der Waals surface area contributed by atoms with Gasteiger partial charge in [0.2, 0.25) is 10.0 Å². The Morgan fingerprint density at radius 3 is 2.63 bits per heavy atom. The summed E-state index contributed by atoms with van der Waals surface area (Å²) in [5.74, 6) is 2.72. The van der Waals surface area contributed by atoms with E-state index in [2.05, 4.69) is 36.6 Å². The van der Waals surface area contributed by atoms with E-state index in [4.69, 9.17) is 0 Å². The van der Waals surface area contributed by atoms with Crippen molar-refractivity contribution in [1.82, 2.24) is 4.72 Å². The maximum atomic E-state index is 12.3. The van der Waals surface area contributed by atoms with Crippen LogP contribution in [0.2, 0.25) is 0 Å². The van der Waals surface area contributed by atoms with E-state index in [1.54, 1.807) is 12.1 Å². The summed E-state index contributed by atoms with van der Waals surface area (Å²) in [6.07, 6.45) is 2.18. The van der Waals surface area contributed by atoms with E-state index in [0.29, 0.717) is 16.9 Å². The molecule has 1 aliphatic rings. The molecular weight excluding hydrogens is 414 g/mol. The Kier molecular flexibility index (Phi) is 5.77. The van der Waals surface area contributed by atoms with Gasteiger partial charge in [-0.05, 0) is 64.4 Å². The van der Waals surface area contributed by atoms with Gasteiger partial charge < -0.3 is 0 Å². The Bertz CT molecular complexity index is 543. The summed E-state index contributed by atoms with van der Waals surface area (Å²) in [5.41, 5.74) is 0. The molecule has 0 saturated carbocycles. The van der Waals surface area contributed by atoms with Crippen molar-refractivity contribution in [2.75, 3.05) is 18.1 Å². The molecule has 0 spiro atoms. The van der Waals surface area contributed by atoms with Crippen LogP contribution >= 0.6 is 43.6 Å². The van der Waals surface area contributed by atoms with Crippen molar-refractivity contribution in [2.45, 2.75) is 17.7 Å². The van der Waals surface area contributed by atoms with Crippen LogP contribution in [0.3, 0.4) is 0 Å². The predicted octanol–water partition coefficient (Wildman–Crippen LogP) is 3.63. The van der Waals surface area contributed by atoms with Crippen LogP contribution < -0.4 is 4.72 Å². The Labute approximate surface area is 135 Å². The molecule has 0 amide bonds. The highest BCUT2D eigenvalue weighted by molar-refractivity contribution is 9.11. The summed E-state index contributed by atoms with van der Waals surface area (Å²) in [7, 11) is -3.45. The standard InChI is InChI=1S/C12H15Br2NO2S2/c13-10-1-2-11(14)12(7-10)19(16,17)15-8-9-3-5-18-6-4-9/h1-2,7,9,15H,3-6,8H2. The maximum absolute atomic E-state index is 12.3. The molecule has 7 heteroatoms. The van der Waals surface area contributed by atoms with E-state index in [-0.39, 0.29) is 4.90 Å². The molecule has 0 aromatic heterocycles. The van der Waals surface area contributed by atoms with E-state index in [0.717, 1.165) is 28.8 Å². The van der Waals surface area contributed by atoms with Crippen LogP contribution in [-0.4, -0.2) is 26.5 Å². The van der Waals surface area contributed by atoms with Crippen molar-refractivity contribution in [2.24, 2.45) is 5.92 Å². The average molecular weight is 429 g/mol. The van der Waals surface area contributed by atoms with Crippen molar-refractivity contribution >= 4 is 53.6 Å². The molecule has 0 aliphatic carbocycles. The van der Waals surface area contributed by atoms with Gasteiger partial charge in [0, 0.05) is 15.5 Å². The topological polar surface area (TPSA) is 46.2 Å². The predicted molar refractivity (Wildman–Crippen MR) is 87.1 cm³/mol. The minimum absolute atomic E-state index is 0.284. The third-order valence-corrected chi connectivity index (χ3v) is 7.05. The molecule has 106 valence electrons. The fourth-order valence-electron chi connectivity index (χ4n) is 1.94. The molecule has 19 heavy (non-hydrogen) atoms. The minimum atomic E-state index is -3.45. The van der Waals surface area contributed by atoms with Crippen molar-refractivity contribution in [3.05, 3.63) is 27.1 Å². The number of nitrogens with one attached hydrogen (secondary N) is 1. The first-order valence-electron chi connectivity index (χ1n) is 6.01. The van der Waals surface area contributed by atoms with E-state index in [1.165, 1.54) is 0 Å². The highest BCUT2D eigenvalue weighted by atomic mass is 79.9. The number of hydrogen-bond acceptors (Lipinski definition) is 3. The average Bonchev–Trinajstić information content (AvgIpc) is 2.40. The molecule has 0 bridgehead atoms. The van der Waals surface area contributed by atoms with Crippen LogP contribution in [0.15, 0.2) is 32.0 Å². The van der Waals surface area contributed by atoms with Crippen LogP contribution in [0.1, 0.15) is 12.8 Å². The summed E-state index contributed by atoms with van der Waals surface area (Å²) in [6, 6.07) is 5.15. The largest absolute Gasteiger partial charge is 0.241 e. The van der Waals surface area contributed by atoms with Crippen LogP contribution in [-0.2, 0) is 10.0 Å². The number of hydrogen-bond donors (Lipinski definition) is 1. The molecule has 1 fully saturated rings. The molecular formula is C12H15Br2NO2S2. The summed E-state index contributed by atoms with van der Waals surface area (Å²) in [5, 5.41) is 0. The normalized spacial score (nSPS) is 17.6. The maximum Gasteiger partial charge on any atom is 0.241 e. The molecule has 1 saturated heterocycles. The Morgan fingerprint density at radius 2 is 1.95 bits per heavy atom. The molecule has 1 aromatic carbocycles. The van der Waals surface area contributed by atoms with Gasteiger partial charge in [-0.15, -0.1) is 0 Å². The first kappa shape index (κ1) is 15.8. The van der Waals surface area contributed by atoms with E-state index in [1.807, 2.05) is 17.8 Å². The molecule has 0 unspecified atom stereocenters. The smallest absolute Gasteiger partial charge is 0.211 e. The van der Waals surface area contributed by atoms with Crippen LogP contribution in [0.4, 0.5) is 0 Å². The zero-order valence-electron chi connectivity index (χ0n) is 10.2. The first-order chi connectivity index (χ1) is 8.99. The second-order valence-corrected chi connectivity index (χ2v) is 9.21. The van der Waals surface area contributed by atoms with E-state index < -0.39 is 10.0 Å². The van der Waals surface area contributed by atoms with Crippen molar-refractivity contribution in [3.8, 4) is 0 Å². The summed E-state index contributed by atoms with van der Waals surface area (Å²) >= 11 is 8.53. The molecule has 0 radical (unpaired) electrons. The lowest BCUT2D eigenvalue weighted by Gasteiger charge is -2.21. The van der Waals surface area contributed by atoms with Gasteiger partial charge in [-0.25, -0.2) is 13.1 Å². The summed E-state index contributed by atoms with van der Waals surface area (Å²) in [6.45, 7) is 0.530. The fraction of sp³-hybridized carbons (Fsp3) is 0.500. The number of thioether (sulfide) groups is 1. The number of halogens is 2. The van der Waals surface area contributed by atoms with Gasteiger partial charge in [0.1, 0.15) is 0 Å². The monoisotopic (exact) mass is 427 g/mol. The van der Waals surface area contributed by atoms with Crippen LogP contribution in [0, 0.1) is 5.92 Å². The highest BCUT2D eigenvalue weighted by Gasteiger charge is 2.21. The number of rotatable bonds is 4. The Hall–Kier alpha value is 0.440. The quantitative estimate of drug-likeness (QED) is 0.796. The third-order valence-electron chi connectivity index (χ3n) is 3.09. The first-order valence-corrected chi connectivity index (χ1v) is 10.2. The van der Waals surface area contributed by atoms with Gasteiger partial charge in [0.15, 0.2) is 0 Å². The van der Waals surface area contributed by atoms with Gasteiger partial charge in [0.05, 0.1) is 4.90 Å². The van der Waals surface area contributed by atoms with Gasteiger partial charge in [-0.2, -0.15) is 11.8 Å². The summed E-state index contributed by atoms with van der Waals surface area (Å²) in [4.78, 5) is 0.284. The fourth-order valence-corrected chi connectivity index (χ4v) is 5.76. The molecule has 1 aliphatic heterocycles. The molecule has 2 rings (SSSR count). The Morgan fingerprint density at radius 1 is 1.26 bits per heavy atom. The second kappa shape index (κ2) is 6.93. The lowest BCUT2D eigenvalue weighted by molar-refractivity contribution is 0.476. The molecule has 1 aromatic rings. The molecule has 3 nitrogen and oxygen atoms in total. The SMILES string of the molecule is O=S(=O)(NCC1CCSCC1)c1cc(Br)ccc1Br. The molecule has 1 N–H and O–H groups in total. The van der Waals surface area contributed by atoms with Crippen LogP contribution in [0.5, 0.6) is 0 Å². The third kappa shape index (κ3) is 4.46. The molecule has 0 atom stereocenters. The lowest BCUT2D eigenvalue weighted by atomic mass is 10.0. The minimum Gasteiger partial charge on any atom is -0.211 e. The Balaban J connectivity index is 2.07. The van der Waals surface area contributed by atoms with Gasteiger partial charge >= 0.3 is 0 Å². The second-order valence-electron chi connectivity index (χ2n) is 4.48. The number of benzene rings is 1. The zero-order valence-corrected chi connectivity index (χ0v) is 15.0. The van der Waals surface area contributed by atoms with Gasteiger partial charge in [-0.3, -0.25) is 0 Å².